The van der Waals surface area contributed by atoms with Crippen LogP contribution in [0.15, 0.2) is 30.7 Å². The van der Waals surface area contributed by atoms with Gasteiger partial charge in [0.05, 0.1) is 6.04 Å². The zero-order chi connectivity index (χ0) is 15.1. The van der Waals surface area contributed by atoms with Crippen molar-refractivity contribution in [3.63, 3.8) is 0 Å². The Bertz CT molecular complexity index is 793. The van der Waals surface area contributed by atoms with Gasteiger partial charge in [-0.3, -0.25) is 0 Å². The molecule has 0 spiro atoms. The summed E-state index contributed by atoms with van der Waals surface area (Å²) >= 11 is 0. The van der Waals surface area contributed by atoms with Crippen LogP contribution in [0.5, 0.6) is 0 Å². The van der Waals surface area contributed by atoms with E-state index in [1.165, 1.54) is 0 Å². The van der Waals surface area contributed by atoms with E-state index >= 15 is 0 Å². The lowest BCUT2D eigenvalue weighted by Gasteiger charge is -2.44. The molecule has 0 amide bonds. The molecule has 4 rings (SSSR count). The number of nitrogens with zero attached hydrogens (tertiary/aromatic N) is 8. The van der Waals surface area contributed by atoms with E-state index in [0.29, 0.717) is 6.04 Å². The minimum atomic E-state index is 0.425. The lowest BCUT2D eigenvalue weighted by Crippen LogP contribution is -2.59. The summed E-state index contributed by atoms with van der Waals surface area (Å²) in [6.45, 7) is 3.74. The predicted octanol–water partition coefficient (Wildman–Crippen LogP) is 0.548. The average Bonchev–Trinajstić information content (AvgIpc) is 2.88. The van der Waals surface area contributed by atoms with Gasteiger partial charge in [0.15, 0.2) is 11.5 Å². The fraction of sp³-hybridized carbons (Fsp3) is 0.357. The molecular formula is C14H16N8. The Morgan fingerprint density at radius 3 is 2.82 bits per heavy atom. The van der Waals surface area contributed by atoms with Crippen LogP contribution >= 0.6 is 0 Å². The van der Waals surface area contributed by atoms with Gasteiger partial charge in [-0.05, 0) is 25.1 Å². The SMILES string of the molecule is Cc1nnc2ccc(N3CC(N(C)c4ccncn4)C3)nn12. The van der Waals surface area contributed by atoms with E-state index in [9.17, 15) is 0 Å². The van der Waals surface area contributed by atoms with Crippen molar-refractivity contribution in [3.8, 4) is 0 Å². The molecule has 8 nitrogen and oxygen atoms in total. The Labute approximate surface area is 127 Å². The summed E-state index contributed by atoms with van der Waals surface area (Å²) in [5.41, 5.74) is 0.774. The topological polar surface area (TPSA) is 75.3 Å². The summed E-state index contributed by atoms with van der Waals surface area (Å²) in [5.74, 6) is 2.69. The summed E-state index contributed by atoms with van der Waals surface area (Å²) in [4.78, 5) is 12.7. The molecule has 0 saturated carbocycles. The molecule has 3 aromatic rings. The number of rotatable bonds is 3. The van der Waals surface area contributed by atoms with Crippen LogP contribution in [0.3, 0.4) is 0 Å². The van der Waals surface area contributed by atoms with Crippen LogP contribution in [0.4, 0.5) is 11.6 Å². The van der Waals surface area contributed by atoms with Crippen LogP contribution in [-0.2, 0) is 0 Å². The summed E-state index contributed by atoms with van der Waals surface area (Å²) in [6, 6.07) is 6.29. The molecule has 1 saturated heterocycles. The third-order valence-electron chi connectivity index (χ3n) is 4.07. The first-order valence-electron chi connectivity index (χ1n) is 7.15. The highest BCUT2D eigenvalue weighted by atomic mass is 15.4. The lowest BCUT2D eigenvalue weighted by atomic mass is 10.1. The second-order valence-electron chi connectivity index (χ2n) is 5.45. The molecule has 0 bridgehead atoms. The van der Waals surface area contributed by atoms with Crippen molar-refractivity contribution < 1.29 is 0 Å². The zero-order valence-electron chi connectivity index (χ0n) is 12.5. The van der Waals surface area contributed by atoms with E-state index in [1.54, 1.807) is 17.0 Å². The first-order chi connectivity index (χ1) is 10.7. The number of fused-ring (bicyclic) bond motifs is 1. The maximum absolute atomic E-state index is 4.60. The molecule has 1 aliphatic rings. The van der Waals surface area contributed by atoms with Crippen molar-refractivity contribution in [2.75, 3.05) is 29.9 Å². The van der Waals surface area contributed by atoms with Crippen LogP contribution < -0.4 is 9.80 Å². The monoisotopic (exact) mass is 296 g/mol. The van der Waals surface area contributed by atoms with Crippen LogP contribution in [0.25, 0.3) is 5.65 Å². The predicted molar refractivity (Wildman–Crippen MR) is 82.0 cm³/mol. The normalized spacial score (nSPS) is 15.1. The standard InChI is InChI=1S/C14H16N8/c1-10-17-18-13-3-4-14(19-22(10)13)21-7-11(8-21)20(2)12-5-6-15-9-16-12/h3-6,9,11H,7-8H2,1-2H3. The molecule has 1 aliphatic heterocycles. The Hall–Kier alpha value is -2.77. The molecule has 1 fully saturated rings. The van der Waals surface area contributed by atoms with Gasteiger partial charge in [0.2, 0.25) is 0 Å². The summed E-state index contributed by atoms with van der Waals surface area (Å²) in [7, 11) is 2.06. The molecule has 8 heteroatoms. The van der Waals surface area contributed by atoms with E-state index in [-0.39, 0.29) is 0 Å². The van der Waals surface area contributed by atoms with Gasteiger partial charge in [0.25, 0.3) is 0 Å². The zero-order valence-corrected chi connectivity index (χ0v) is 12.5. The van der Waals surface area contributed by atoms with Crippen molar-refractivity contribution in [2.24, 2.45) is 0 Å². The number of aromatic nitrogens is 6. The molecule has 4 heterocycles. The second-order valence-corrected chi connectivity index (χ2v) is 5.45. The van der Waals surface area contributed by atoms with Crippen molar-refractivity contribution in [2.45, 2.75) is 13.0 Å². The van der Waals surface area contributed by atoms with Crippen LogP contribution in [0.2, 0.25) is 0 Å². The molecule has 0 unspecified atom stereocenters. The van der Waals surface area contributed by atoms with Gasteiger partial charge in [-0.15, -0.1) is 15.3 Å². The highest BCUT2D eigenvalue weighted by Gasteiger charge is 2.31. The van der Waals surface area contributed by atoms with E-state index in [0.717, 1.165) is 36.2 Å². The van der Waals surface area contributed by atoms with Crippen molar-refractivity contribution in [1.82, 2.24) is 29.8 Å². The summed E-state index contributed by atoms with van der Waals surface area (Å²) < 4.78 is 1.77. The molecule has 22 heavy (non-hydrogen) atoms. The van der Waals surface area contributed by atoms with Gasteiger partial charge in [0.1, 0.15) is 18.0 Å². The van der Waals surface area contributed by atoms with E-state index in [2.05, 4.69) is 42.1 Å². The van der Waals surface area contributed by atoms with Crippen molar-refractivity contribution in [1.29, 1.82) is 0 Å². The van der Waals surface area contributed by atoms with Gasteiger partial charge in [-0.25, -0.2) is 9.97 Å². The third-order valence-corrected chi connectivity index (χ3v) is 4.07. The Morgan fingerprint density at radius 1 is 1.18 bits per heavy atom. The Kier molecular flexibility index (Phi) is 2.88. The molecule has 0 N–H and O–H groups in total. The minimum absolute atomic E-state index is 0.425. The number of aryl methyl sites for hydroxylation is 1. The first-order valence-corrected chi connectivity index (χ1v) is 7.15. The lowest BCUT2D eigenvalue weighted by molar-refractivity contribution is 0.486. The van der Waals surface area contributed by atoms with Crippen molar-refractivity contribution in [3.05, 3.63) is 36.5 Å². The molecular weight excluding hydrogens is 280 g/mol. The van der Waals surface area contributed by atoms with Gasteiger partial charge >= 0.3 is 0 Å². The fourth-order valence-corrected chi connectivity index (χ4v) is 2.62. The molecule has 0 atom stereocenters. The quantitative estimate of drug-likeness (QED) is 0.698. The third kappa shape index (κ3) is 2.03. The Morgan fingerprint density at radius 2 is 2.05 bits per heavy atom. The Balaban J connectivity index is 1.49. The van der Waals surface area contributed by atoms with Crippen LogP contribution in [0.1, 0.15) is 5.82 Å². The highest BCUT2D eigenvalue weighted by Crippen LogP contribution is 2.23. The smallest absolute Gasteiger partial charge is 0.178 e. The highest BCUT2D eigenvalue weighted by molar-refractivity contribution is 5.50. The number of likely N-dealkylation sites (N-methyl/N-ethyl adjacent to an activating group) is 1. The number of hydrogen-bond donors (Lipinski definition) is 0. The van der Waals surface area contributed by atoms with Gasteiger partial charge in [-0.2, -0.15) is 4.52 Å². The summed E-state index contributed by atoms with van der Waals surface area (Å²) in [5, 5.41) is 12.7. The van der Waals surface area contributed by atoms with E-state index in [4.69, 9.17) is 0 Å². The van der Waals surface area contributed by atoms with E-state index < -0.39 is 0 Å². The average molecular weight is 296 g/mol. The molecule has 0 aliphatic carbocycles. The molecule has 0 radical (unpaired) electrons. The molecule has 112 valence electrons. The first kappa shape index (κ1) is 12.9. The maximum atomic E-state index is 4.60. The summed E-state index contributed by atoms with van der Waals surface area (Å²) in [6.07, 6.45) is 3.34. The number of anilines is 2. The molecule has 0 aromatic carbocycles. The van der Waals surface area contributed by atoms with E-state index in [1.807, 2.05) is 25.1 Å². The van der Waals surface area contributed by atoms with Crippen LogP contribution in [-0.4, -0.2) is 56.0 Å². The minimum Gasteiger partial charge on any atom is -0.353 e. The largest absolute Gasteiger partial charge is 0.353 e. The van der Waals surface area contributed by atoms with Gasteiger partial charge < -0.3 is 9.80 Å². The van der Waals surface area contributed by atoms with Gasteiger partial charge in [-0.1, -0.05) is 0 Å². The fourth-order valence-electron chi connectivity index (χ4n) is 2.62. The molecule has 3 aromatic heterocycles. The maximum Gasteiger partial charge on any atom is 0.178 e. The van der Waals surface area contributed by atoms with Crippen LogP contribution in [0, 0.1) is 6.92 Å². The van der Waals surface area contributed by atoms with Gasteiger partial charge in [0, 0.05) is 26.3 Å². The second kappa shape index (κ2) is 4.90. The van der Waals surface area contributed by atoms with Crippen molar-refractivity contribution >= 4 is 17.3 Å². The number of hydrogen-bond acceptors (Lipinski definition) is 7.